The largest absolute Gasteiger partial charge is 0.114 e. The molecule has 4 aromatic carbocycles. The van der Waals surface area contributed by atoms with Gasteiger partial charge >= 0.3 is 0 Å². The first-order valence-corrected chi connectivity index (χ1v) is 15.1. The molecule has 0 saturated carbocycles. The fraction of sp³-hybridized carbons (Fsp3) is 0.138. The average molecular weight is 438 g/mol. The van der Waals surface area contributed by atoms with E-state index in [9.17, 15) is 0 Å². The molecular formula is C29H28P2. The van der Waals surface area contributed by atoms with Crippen molar-refractivity contribution in [3.63, 3.8) is 0 Å². The van der Waals surface area contributed by atoms with Crippen molar-refractivity contribution >= 4 is 40.2 Å². The van der Waals surface area contributed by atoms with E-state index in [2.05, 4.69) is 126 Å². The van der Waals surface area contributed by atoms with Crippen LogP contribution < -0.4 is 21.2 Å². The van der Waals surface area contributed by atoms with Crippen molar-refractivity contribution in [3.05, 3.63) is 121 Å². The van der Waals surface area contributed by atoms with E-state index in [4.69, 9.17) is 0 Å². The maximum Gasteiger partial charge on any atom is -0.0102 e. The van der Waals surface area contributed by atoms with Crippen LogP contribution in [-0.4, -0.2) is 17.5 Å². The highest BCUT2D eigenvalue weighted by Crippen LogP contribution is 2.55. The molecule has 0 nitrogen and oxygen atoms in total. The second-order valence-electron chi connectivity index (χ2n) is 8.22. The van der Waals surface area contributed by atoms with Crippen molar-refractivity contribution in [1.82, 2.24) is 0 Å². The Labute approximate surface area is 186 Å². The monoisotopic (exact) mass is 438 g/mol. The minimum absolute atomic E-state index is 1.21. The van der Waals surface area contributed by atoms with Crippen molar-refractivity contribution in [2.45, 2.75) is 12.8 Å². The third-order valence-corrected chi connectivity index (χ3v) is 15.8. The van der Waals surface area contributed by atoms with Crippen molar-refractivity contribution in [2.24, 2.45) is 0 Å². The molecule has 0 N–H and O–H groups in total. The fourth-order valence-corrected chi connectivity index (χ4v) is 15.6. The molecule has 0 bridgehead atoms. The molecule has 2 heteroatoms. The predicted octanol–water partition coefficient (Wildman–Crippen LogP) is 5.75. The highest BCUT2D eigenvalue weighted by atomic mass is 31.2. The van der Waals surface area contributed by atoms with E-state index in [1.807, 2.05) is 0 Å². The third-order valence-electron chi connectivity index (χ3n) is 6.37. The highest BCUT2D eigenvalue weighted by Gasteiger charge is 2.30. The zero-order valence-corrected chi connectivity index (χ0v) is 19.6. The first kappa shape index (κ1) is 20.4. The van der Waals surface area contributed by atoms with Crippen LogP contribution in [0.3, 0.4) is 0 Å². The van der Waals surface area contributed by atoms with Crippen LogP contribution in [0.25, 0.3) is 0 Å². The summed E-state index contributed by atoms with van der Waals surface area (Å²) in [5.41, 5.74) is 0. The molecule has 4 aromatic rings. The molecule has 0 amide bonds. The van der Waals surface area contributed by atoms with Gasteiger partial charge in [0.25, 0.3) is 0 Å². The topological polar surface area (TPSA) is 0 Å². The first-order valence-electron chi connectivity index (χ1n) is 11.1. The molecule has 0 aliphatic carbocycles. The molecule has 0 fully saturated rings. The van der Waals surface area contributed by atoms with E-state index in [1.165, 1.54) is 46.4 Å². The van der Waals surface area contributed by atoms with Gasteiger partial charge in [-0.1, -0.05) is 121 Å². The smallest absolute Gasteiger partial charge is 0.0102 e. The summed E-state index contributed by atoms with van der Waals surface area (Å²) in [6, 6.07) is 45.0. The summed E-state index contributed by atoms with van der Waals surface area (Å²) in [6.07, 6.45) is 4.93. The summed E-state index contributed by atoms with van der Waals surface area (Å²) in [5.74, 6) is 0. The van der Waals surface area contributed by atoms with E-state index in [0.29, 0.717) is 0 Å². The Bertz CT molecular complexity index is 1070. The molecule has 0 spiro atoms. The van der Waals surface area contributed by atoms with Gasteiger partial charge in [0, 0.05) is 0 Å². The van der Waals surface area contributed by atoms with Crippen LogP contribution in [0, 0.1) is 0 Å². The quantitative estimate of drug-likeness (QED) is 0.356. The van der Waals surface area contributed by atoms with Gasteiger partial charge in [-0.05, 0) is 60.2 Å². The van der Waals surface area contributed by atoms with Crippen molar-refractivity contribution in [1.29, 1.82) is 0 Å². The lowest BCUT2D eigenvalue weighted by atomic mass is 10.4. The molecule has 154 valence electrons. The minimum atomic E-state index is -1.79. The molecule has 1 aliphatic heterocycles. The average Bonchev–Trinajstić information content (AvgIpc) is 3.08. The Kier molecular flexibility index (Phi) is 5.89. The molecule has 0 unspecified atom stereocenters. The Morgan fingerprint density at radius 3 is 0.903 bits per heavy atom. The van der Waals surface area contributed by atoms with Crippen LogP contribution in [0.15, 0.2) is 121 Å². The van der Waals surface area contributed by atoms with Crippen LogP contribution in [0.1, 0.15) is 12.8 Å². The summed E-state index contributed by atoms with van der Waals surface area (Å²) < 4.78 is 0. The van der Waals surface area contributed by atoms with Crippen LogP contribution in [-0.2, 0) is 0 Å². The number of hydrogen-bond acceptors (Lipinski definition) is 0. The normalized spacial score (nSPS) is 17.0. The number of hydrogen-bond donors (Lipinski definition) is 0. The summed E-state index contributed by atoms with van der Waals surface area (Å²) in [4.78, 5) is 0. The Balaban J connectivity index is 2.02. The van der Waals surface area contributed by atoms with Gasteiger partial charge < -0.3 is 0 Å². The second-order valence-corrected chi connectivity index (χ2v) is 15.2. The van der Waals surface area contributed by atoms with Gasteiger partial charge in [-0.15, -0.1) is 5.17 Å². The van der Waals surface area contributed by atoms with Gasteiger partial charge in [-0.25, -0.2) is 0 Å². The van der Waals surface area contributed by atoms with Crippen LogP contribution in [0.4, 0.5) is 0 Å². The van der Waals surface area contributed by atoms with Gasteiger partial charge in [-0.2, -0.15) is 0 Å². The van der Waals surface area contributed by atoms with E-state index < -0.39 is 13.8 Å². The molecule has 1 heterocycles. The molecule has 31 heavy (non-hydrogen) atoms. The standard InChI is InChI=1S/C29H28P2/c1-5-15-26(16-6-1)30(27-17-7-2-8-18-27)23-13-14-24-31(25-30,28-19-9-3-10-20-28)29-21-11-4-12-22-29/h1-12,15-22H,13-14,23-24H2. The molecule has 0 saturated heterocycles. The summed E-state index contributed by atoms with van der Waals surface area (Å²) >= 11 is 0. The maximum absolute atomic E-state index is 4.53. The SMILES string of the molecule is C1=P(c2ccccc2)(c2ccccc2)CCCCP=1(c1ccccc1)c1ccccc1. The van der Waals surface area contributed by atoms with E-state index in [0.717, 1.165) is 0 Å². The molecule has 0 radical (unpaired) electrons. The lowest BCUT2D eigenvalue weighted by molar-refractivity contribution is 0.902. The molecule has 1 aliphatic rings. The summed E-state index contributed by atoms with van der Waals surface area (Å²) in [6.45, 7) is -3.58. The van der Waals surface area contributed by atoms with Gasteiger partial charge in [0.2, 0.25) is 0 Å². The van der Waals surface area contributed by atoms with Crippen molar-refractivity contribution in [3.8, 4) is 0 Å². The Morgan fingerprint density at radius 2 is 0.645 bits per heavy atom. The Morgan fingerprint density at radius 1 is 0.387 bits per heavy atom. The summed E-state index contributed by atoms with van der Waals surface area (Å²) in [5, 5.41) is 10.4. The lowest BCUT2D eigenvalue weighted by Gasteiger charge is -2.28. The molecule has 0 atom stereocenters. The zero-order chi connectivity index (χ0) is 21.0. The molecular weight excluding hydrogens is 410 g/mol. The van der Waals surface area contributed by atoms with Crippen LogP contribution >= 0.6 is 13.8 Å². The summed E-state index contributed by atoms with van der Waals surface area (Å²) in [7, 11) is 0. The fourth-order valence-electron chi connectivity index (χ4n) is 4.86. The van der Waals surface area contributed by atoms with Gasteiger partial charge in [-0.3, -0.25) is 0 Å². The van der Waals surface area contributed by atoms with E-state index in [-0.39, 0.29) is 0 Å². The van der Waals surface area contributed by atoms with Crippen molar-refractivity contribution in [2.75, 3.05) is 12.3 Å². The second kappa shape index (κ2) is 8.94. The van der Waals surface area contributed by atoms with Gasteiger partial charge in [0.05, 0.1) is 0 Å². The van der Waals surface area contributed by atoms with Crippen LogP contribution in [0.2, 0.25) is 0 Å². The molecule has 0 aromatic heterocycles. The predicted molar refractivity (Wildman–Crippen MR) is 142 cm³/mol. The third kappa shape index (κ3) is 3.82. The maximum atomic E-state index is 4.53. The van der Waals surface area contributed by atoms with Crippen LogP contribution in [0.5, 0.6) is 0 Å². The number of benzene rings is 4. The lowest BCUT2D eigenvalue weighted by Crippen LogP contribution is -2.22. The molecule has 5 rings (SSSR count). The zero-order valence-electron chi connectivity index (χ0n) is 17.8. The Hall–Kier alpha value is -2.48. The highest BCUT2D eigenvalue weighted by molar-refractivity contribution is 8.00. The number of rotatable bonds is 4. The van der Waals surface area contributed by atoms with Crippen molar-refractivity contribution < 1.29 is 0 Å². The van der Waals surface area contributed by atoms with Gasteiger partial charge in [0.1, 0.15) is 0 Å². The van der Waals surface area contributed by atoms with E-state index in [1.54, 1.807) is 0 Å². The van der Waals surface area contributed by atoms with Gasteiger partial charge in [0.15, 0.2) is 0 Å². The van der Waals surface area contributed by atoms with E-state index >= 15 is 0 Å². The first-order chi connectivity index (χ1) is 15.3. The minimum Gasteiger partial charge on any atom is -0.114 e.